The number of hydrogen-bond acceptors (Lipinski definition) is 4. The van der Waals surface area contributed by atoms with E-state index in [1.807, 2.05) is 13.8 Å². The minimum atomic E-state index is -3.42. The summed E-state index contributed by atoms with van der Waals surface area (Å²) in [5.74, 6) is 1.22. The fraction of sp³-hybridized carbons (Fsp3) is 0.667. The Morgan fingerprint density at radius 2 is 1.13 bits per heavy atom. The van der Waals surface area contributed by atoms with Crippen molar-refractivity contribution >= 4 is 30.8 Å². The summed E-state index contributed by atoms with van der Waals surface area (Å²) in [5, 5.41) is 0. The summed E-state index contributed by atoms with van der Waals surface area (Å²) in [7, 11) is 0. The molecule has 4 nitrogen and oxygen atoms in total. The Labute approximate surface area is 146 Å². The summed E-state index contributed by atoms with van der Waals surface area (Å²) in [6.45, 7) is 11.0. The van der Waals surface area contributed by atoms with Gasteiger partial charge in [0.2, 0.25) is 0 Å². The molecule has 0 heterocycles. The Kier molecular flexibility index (Phi) is 11.3. The Bertz CT molecular complexity index is 410. The summed E-state index contributed by atoms with van der Waals surface area (Å²) < 4.78 is 14.4. The molecule has 0 atom stereocenters. The van der Waals surface area contributed by atoms with Crippen molar-refractivity contribution in [3.8, 4) is 0 Å². The van der Waals surface area contributed by atoms with Crippen LogP contribution in [0.5, 0.6) is 0 Å². The fourth-order valence-electron chi connectivity index (χ4n) is 2.46. The van der Waals surface area contributed by atoms with Crippen molar-refractivity contribution in [1.29, 1.82) is 0 Å². The Balaban J connectivity index is 5.46. The molecule has 23 heavy (non-hydrogen) atoms. The van der Waals surface area contributed by atoms with Gasteiger partial charge >= 0.3 is 146 Å². The number of rotatable bonds is 12. The summed E-state index contributed by atoms with van der Waals surface area (Å²) in [4.78, 5) is 22.6. The molecule has 5 heteroatoms. The summed E-state index contributed by atoms with van der Waals surface area (Å²) in [6.07, 6.45) is 7.28. The molecule has 0 aromatic carbocycles. The first-order chi connectivity index (χ1) is 10.7. The van der Waals surface area contributed by atoms with E-state index < -0.39 is 19.2 Å². The van der Waals surface area contributed by atoms with Gasteiger partial charge in [-0.1, -0.05) is 0 Å². The van der Waals surface area contributed by atoms with E-state index in [9.17, 15) is 9.59 Å². The van der Waals surface area contributed by atoms with Crippen molar-refractivity contribution in [3.05, 3.63) is 23.7 Å². The summed E-state index contributed by atoms with van der Waals surface area (Å²) in [6, 6.07) is 0. The van der Waals surface area contributed by atoms with Crippen LogP contribution in [0, 0.1) is 0 Å². The quantitative estimate of drug-likeness (QED) is 0.247. The van der Waals surface area contributed by atoms with Crippen molar-refractivity contribution in [2.45, 2.75) is 76.1 Å². The fourth-order valence-corrected chi connectivity index (χ4v) is 13.2. The van der Waals surface area contributed by atoms with Crippen LogP contribution in [-0.2, 0) is 15.7 Å². The topological polar surface area (TPSA) is 52.6 Å². The van der Waals surface area contributed by atoms with Gasteiger partial charge in [-0.25, -0.2) is 0 Å². The molecule has 0 saturated heterocycles. The molecule has 0 aliphatic rings. The molecule has 132 valence electrons. The predicted molar refractivity (Wildman–Crippen MR) is 96.2 cm³/mol. The number of carbonyl (C=O) groups excluding carboxylic acids is 2. The van der Waals surface area contributed by atoms with Crippen molar-refractivity contribution in [2.75, 3.05) is 0 Å². The van der Waals surface area contributed by atoms with Gasteiger partial charge in [0, 0.05) is 0 Å². The van der Waals surface area contributed by atoms with E-state index in [0.717, 1.165) is 34.6 Å². The van der Waals surface area contributed by atoms with Crippen molar-refractivity contribution in [2.24, 2.45) is 0 Å². The van der Waals surface area contributed by atoms with Crippen LogP contribution < -0.4 is 0 Å². The Hall–Kier alpha value is -0.781. The van der Waals surface area contributed by atoms with Crippen LogP contribution in [0.25, 0.3) is 0 Å². The zero-order chi connectivity index (χ0) is 17.9. The Morgan fingerprint density at radius 1 is 0.783 bits per heavy atom. The molecule has 0 aliphatic carbocycles. The first-order valence-electron chi connectivity index (χ1n) is 8.50. The zero-order valence-corrected chi connectivity index (χ0v) is 18.4. The normalized spacial score (nSPS) is 13.0. The monoisotopic (exact) mass is 432 g/mol. The second-order valence-electron chi connectivity index (χ2n) is 6.05. The van der Waals surface area contributed by atoms with Crippen LogP contribution in [0.1, 0.15) is 67.2 Å². The molecule has 0 aromatic heterocycles. The average Bonchev–Trinajstić information content (AvgIpc) is 2.40. The van der Waals surface area contributed by atoms with Crippen LogP contribution in [0.2, 0.25) is 8.87 Å². The van der Waals surface area contributed by atoms with E-state index in [1.165, 1.54) is 26.0 Å². The van der Waals surface area contributed by atoms with Gasteiger partial charge in [-0.3, -0.25) is 0 Å². The van der Waals surface area contributed by atoms with Crippen molar-refractivity contribution < 1.29 is 15.7 Å². The van der Waals surface area contributed by atoms with E-state index in [2.05, 4.69) is 13.8 Å². The van der Waals surface area contributed by atoms with Gasteiger partial charge in [0.1, 0.15) is 0 Å². The molecule has 0 unspecified atom stereocenters. The maximum atomic E-state index is 11.3. The number of carbonyl (C=O) groups is 2. The van der Waals surface area contributed by atoms with Gasteiger partial charge in [-0.05, 0) is 0 Å². The SMILES string of the molecule is CCC[CH2][Sn]([CH2]CCC)([O]/C(C)=C/C(C)=O)[O]/C(C)=C/C(C)=O. The van der Waals surface area contributed by atoms with E-state index in [-0.39, 0.29) is 11.6 Å². The first-order valence-corrected chi connectivity index (χ1v) is 14.9. The Morgan fingerprint density at radius 3 is 1.39 bits per heavy atom. The van der Waals surface area contributed by atoms with Gasteiger partial charge in [-0.2, -0.15) is 0 Å². The third-order valence-corrected chi connectivity index (χ3v) is 13.7. The second kappa shape index (κ2) is 11.7. The van der Waals surface area contributed by atoms with Crippen molar-refractivity contribution in [1.82, 2.24) is 0 Å². The van der Waals surface area contributed by atoms with Gasteiger partial charge in [0.05, 0.1) is 0 Å². The van der Waals surface area contributed by atoms with Gasteiger partial charge in [-0.15, -0.1) is 0 Å². The number of unbranched alkanes of at least 4 members (excludes halogenated alkanes) is 2. The third-order valence-electron chi connectivity index (χ3n) is 3.33. The predicted octanol–water partition coefficient (Wildman–Crippen LogP) is 5.05. The van der Waals surface area contributed by atoms with E-state index in [1.54, 1.807) is 0 Å². The first kappa shape index (κ1) is 22.2. The minimum absolute atomic E-state index is 0.0235. The van der Waals surface area contributed by atoms with E-state index >= 15 is 0 Å². The van der Waals surface area contributed by atoms with Crippen LogP contribution in [0.15, 0.2) is 23.7 Å². The number of hydrogen-bond donors (Lipinski definition) is 0. The second-order valence-corrected chi connectivity index (χ2v) is 15.3. The van der Waals surface area contributed by atoms with Gasteiger partial charge in [0.25, 0.3) is 0 Å². The standard InChI is InChI=1S/2C5H8O2.2C4H9.Sn/c2*1-4(6)3-5(2)7;2*1-3-4-2;/h2*3,6H,1-2H3;2*1,3-4H2,2H3;/q;;;;+2/p-2/b2*4-3+;;;. The van der Waals surface area contributed by atoms with Crippen LogP contribution in [0.3, 0.4) is 0 Å². The molecule has 0 aliphatic heterocycles. The summed E-state index contributed by atoms with van der Waals surface area (Å²) >= 11 is -3.42. The molecule has 0 spiro atoms. The van der Waals surface area contributed by atoms with Gasteiger partial charge < -0.3 is 0 Å². The molecule has 0 rings (SSSR count). The molecule has 0 aromatic rings. The molecule has 0 bridgehead atoms. The zero-order valence-electron chi connectivity index (χ0n) is 15.5. The molecular weight excluding hydrogens is 399 g/mol. The molecule has 0 fully saturated rings. The van der Waals surface area contributed by atoms with Crippen LogP contribution in [-0.4, -0.2) is 30.8 Å². The summed E-state index contributed by atoms with van der Waals surface area (Å²) in [5.41, 5.74) is 0. The van der Waals surface area contributed by atoms with Crippen molar-refractivity contribution in [3.63, 3.8) is 0 Å². The molecule has 0 N–H and O–H groups in total. The molecule has 0 radical (unpaired) electrons. The average molecular weight is 431 g/mol. The van der Waals surface area contributed by atoms with Gasteiger partial charge in [0.15, 0.2) is 0 Å². The molecule has 0 amide bonds. The maximum absolute atomic E-state index is 11.3. The number of allylic oxidation sites excluding steroid dienone is 4. The third kappa shape index (κ3) is 10.6. The van der Waals surface area contributed by atoms with E-state index in [0.29, 0.717) is 11.5 Å². The molecule has 0 saturated carbocycles. The number of ketones is 2. The van der Waals surface area contributed by atoms with Crippen LogP contribution in [0.4, 0.5) is 0 Å². The van der Waals surface area contributed by atoms with E-state index in [4.69, 9.17) is 6.15 Å². The molecular formula is C18H32O4Sn. The van der Waals surface area contributed by atoms with Crippen LogP contribution >= 0.6 is 0 Å².